The van der Waals surface area contributed by atoms with Crippen LogP contribution in [0.3, 0.4) is 0 Å². The van der Waals surface area contributed by atoms with E-state index in [2.05, 4.69) is 15.5 Å². The van der Waals surface area contributed by atoms with Crippen molar-refractivity contribution in [1.82, 2.24) is 10.2 Å². The monoisotopic (exact) mass is 555 g/mol. The minimum atomic E-state index is -0.855. The standard InChI is InChI=1S/C29H28Cl2FN3O3/c30-24-8-6-20(16-25(24)31)22(27(36)33-18-19-4-2-1-3-5-19)10-13-35-14-11-29(12-15-35)23-17-21(32)7-9-26(23)34-28(37)38-29/h1-9,16-17,22H,10-15,18H2,(H,33,36)(H,34,37). The summed E-state index contributed by atoms with van der Waals surface area (Å²) in [5.41, 5.74) is 2.22. The number of carbonyl (C=O) groups is 2. The Hall–Kier alpha value is -3.13. The second-order valence-electron chi connectivity index (χ2n) is 9.76. The maximum absolute atomic E-state index is 14.0. The van der Waals surface area contributed by atoms with E-state index in [0.29, 0.717) is 66.7 Å². The van der Waals surface area contributed by atoms with Gasteiger partial charge in [0.25, 0.3) is 0 Å². The molecule has 1 fully saturated rings. The van der Waals surface area contributed by atoms with E-state index in [-0.39, 0.29) is 11.7 Å². The van der Waals surface area contributed by atoms with Gasteiger partial charge in [-0.15, -0.1) is 0 Å². The van der Waals surface area contributed by atoms with Crippen LogP contribution in [-0.2, 0) is 21.7 Å². The maximum Gasteiger partial charge on any atom is 0.412 e. The number of anilines is 1. The summed E-state index contributed by atoms with van der Waals surface area (Å²) in [6.45, 7) is 2.37. The molecule has 1 spiro atoms. The Bertz CT molecular complexity index is 1330. The molecular formula is C29H28Cl2FN3O3. The average Bonchev–Trinajstić information content (AvgIpc) is 2.91. The zero-order valence-electron chi connectivity index (χ0n) is 20.7. The molecule has 198 valence electrons. The highest BCUT2D eigenvalue weighted by molar-refractivity contribution is 6.42. The van der Waals surface area contributed by atoms with E-state index in [9.17, 15) is 14.0 Å². The molecule has 2 aliphatic heterocycles. The smallest absolute Gasteiger partial charge is 0.412 e. The van der Waals surface area contributed by atoms with E-state index in [1.807, 2.05) is 36.4 Å². The lowest BCUT2D eigenvalue weighted by molar-refractivity contribution is -0.123. The van der Waals surface area contributed by atoms with Crippen molar-refractivity contribution in [1.29, 1.82) is 0 Å². The highest BCUT2D eigenvalue weighted by atomic mass is 35.5. The largest absolute Gasteiger partial charge is 0.438 e. The average molecular weight is 556 g/mol. The van der Waals surface area contributed by atoms with Crippen molar-refractivity contribution in [3.8, 4) is 0 Å². The Morgan fingerprint density at radius 2 is 1.82 bits per heavy atom. The molecule has 9 heteroatoms. The maximum atomic E-state index is 14.0. The van der Waals surface area contributed by atoms with Crippen molar-refractivity contribution in [2.75, 3.05) is 25.0 Å². The van der Waals surface area contributed by atoms with E-state index in [1.165, 1.54) is 12.1 Å². The molecule has 2 heterocycles. The number of likely N-dealkylation sites (tertiary alicyclic amines) is 1. The third kappa shape index (κ3) is 5.80. The first kappa shape index (κ1) is 26.5. The number of carbonyl (C=O) groups excluding carboxylic acids is 2. The fourth-order valence-corrected chi connectivity index (χ4v) is 5.58. The molecule has 6 nitrogen and oxygen atoms in total. The molecule has 1 unspecified atom stereocenters. The lowest BCUT2D eigenvalue weighted by Gasteiger charge is -2.44. The number of benzene rings is 3. The van der Waals surface area contributed by atoms with Gasteiger partial charge in [-0.05, 0) is 54.4 Å². The number of hydrogen-bond donors (Lipinski definition) is 2. The predicted octanol–water partition coefficient (Wildman–Crippen LogP) is 6.48. The highest BCUT2D eigenvalue weighted by Crippen LogP contribution is 2.44. The first-order valence-electron chi connectivity index (χ1n) is 12.6. The van der Waals surface area contributed by atoms with Crippen molar-refractivity contribution < 1.29 is 18.7 Å². The van der Waals surface area contributed by atoms with Gasteiger partial charge in [0.15, 0.2) is 0 Å². The van der Waals surface area contributed by atoms with Gasteiger partial charge in [-0.3, -0.25) is 10.1 Å². The molecule has 0 saturated carbocycles. The number of fused-ring (bicyclic) bond motifs is 2. The van der Waals surface area contributed by atoms with E-state index >= 15 is 0 Å². The van der Waals surface area contributed by atoms with Crippen LogP contribution in [-0.4, -0.2) is 36.5 Å². The van der Waals surface area contributed by atoms with Gasteiger partial charge in [0, 0.05) is 38.0 Å². The van der Waals surface area contributed by atoms with Crippen LogP contribution < -0.4 is 10.6 Å². The Labute approximate surface area is 231 Å². The van der Waals surface area contributed by atoms with E-state index in [1.54, 1.807) is 18.2 Å². The Morgan fingerprint density at radius 3 is 2.55 bits per heavy atom. The number of ether oxygens (including phenoxy) is 1. The zero-order valence-corrected chi connectivity index (χ0v) is 22.2. The molecule has 2 aliphatic rings. The molecule has 1 atom stereocenters. The topological polar surface area (TPSA) is 70.7 Å². The fraction of sp³-hybridized carbons (Fsp3) is 0.310. The van der Waals surface area contributed by atoms with Gasteiger partial charge in [0.2, 0.25) is 5.91 Å². The summed E-state index contributed by atoms with van der Waals surface area (Å²) in [5.74, 6) is -0.871. The van der Waals surface area contributed by atoms with Crippen molar-refractivity contribution in [2.24, 2.45) is 0 Å². The number of nitrogens with one attached hydrogen (secondary N) is 2. The molecule has 3 aromatic carbocycles. The van der Waals surface area contributed by atoms with Crippen LogP contribution >= 0.6 is 23.2 Å². The lowest BCUT2D eigenvalue weighted by Crippen LogP contribution is -2.48. The van der Waals surface area contributed by atoms with E-state index < -0.39 is 17.6 Å². The summed E-state index contributed by atoms with van der Waals surface area (Å²) < 4.78 is 19.8. The summed E-state index contributed by atoms with van der Waals surface area (Å²) in [7, 11) is 0. The van der Waals surface area contributed by atoms with Crippen LogP contribution in [0.4, 0.5) is 14.9 Å². The van der Waals surface area contributed by atoms with Crippen molar-refractivity contribution >= 4 is 40.9 Å². The molecule has 2 N–H and O–H groups in total. The van der Waals surface area contributed by atoms with Crippen LogP contribution in [0.1, 0.15) is 41.9 Å². The van der Waals surface area contributed by atoms with E-state index in [0.717, 1.165) is 11.1 Å². The minimum absolute atomic E-state index is 0.0857. The van der Waals surface area contributed by atoms with Crippen LogP contribution in [0, 0.1) is 5.82 Å². The van der Waals surface area contributed by atoms with Crippen molar-refractivity contribution in [2.45, 2.75) is 37.3 Å². The van der Waals surface area contributed by atoms with Gasteiger partial charge in [-0.2, -0.15) is 0 Å². The van der Waals surface area contributed by atoms with Crippen LogP contribution in [0.25, 0.3) is 0 Å². The fourth-order valence-electron chi connectivity index (χ4n) is 5.28. The quantitative estimate of drug-likeness (QED) is 0.350. The van der Waals surface area contributed by atoms with Crippen LogP contribution in [0.15, 0.2) is 66.7 Å². The Balaban J connectivity index is 1.27. The number of amides is 2. The molecule has 5 rings (SSSR count). The molecule has 0 aliphatic carbocycles. The molecule has 0 bridgehead atoms. The normalized spacial score (nSPS) is 17.3. The van der Waals surface area contributed by atoms with Gasteiger partial charge in [-0.1, -0.05) is 59.6 Å². The molecular weight excluding hydrogens is 528 g/mol. The summed E-state index contributed by atoms with van der Waals surface area (Å²) >= 11 is 12.4. The molecule has 3 aromatic rings. The van der Waals surface area contributed by atoms with Gasteiger partial charge < -0.3 is 15.0 Å². The highest BCUT2D eigenvalue weighted by Gasteiger charge is 2.44. The minimum Gasteiger partial charge on any atom is -0.438 e. The zero-order chi connectivity index (χ0) is 26.7. The van der Waals surface area contributed by atoms with Gasteiger partial charge in [0.1, 0.15) is 11.4 Å². The van der Waals surface area contributed by atoms with Crippen molar-refractivity contribution in [3.05, 3.63) is 99.3 Å². The van der Waals surface area contributed by atoms with Crippen LogP contribution in [0.5, 0.6) is 0 Å². The lowest BCUT2D eigenvalue weighted by atomic mass is 9.82. The summed E-state index contributed by atoms with van der Waals surface area (Å²) in [6.07, 6.45) is 1.12. The number of hydrogen-bond acceptors (Lipinski definition) is 4. The number of halogens is 3. The van der Waals surface area contributed by atoms with E-state index in [4.69, 9.17) is 27.9 Å². The summed E-state index contributed by atoms with van der Waals surface area (Å²) in [5, 5.41) is 6.56. The Kier molecular flexibility index (Phi) is 7.88. The number of piperidine rings is 1. The third-order valence-electron chi connectivity index (χ3n) is 7.37. The first-order valence-corrected chi connectivity index (χ1v) is 13.4. The molecule has 1 saturated heterocycles. The summed E-state index contributed by atoms with van der Waals surface area (Å²) in [6, 6.07) is 19.4. The van der Waals surface area contributed by atoms with Gasteiger partial charge in [-0.25, -0.2) is 9.18 Å². The predicted molar refractivity (Wildman–Crippen MR) is 146 cm³/mol. The molecule has 0 radical (unpaired) electrons. The number of rotatable bonds is 7. The van der Waals surface area contributed by atoms with Crippen LogP contribution in [0.2, 0.25) is 10.0 Å². The third-order valence-corrected chi connectivity index (χ3v) is 8.11. The molecule has 2 amide bonds. The second-order valence-corrected chi connectivity index (χ2v) is 10.6. The second kappa shape index (κ2) is 11.3. The summed E-state index contributed by atoms with van der Waals surface area (Å²) in [4.78, 5) is 27.8. The van der Waals surface area contributed by atoms with Gasteiger partial charge >= 0.3 is 6.09 Å². The van der Waals surface area contributed by atoms with Gasteiger partial charge in [0.05, 0.1) is 21.7 Å². The Morgan fingerprint density at radius 1 is 1.05 bits per heavy atom. The molecule has 38 heavy (non-hydrogen) atoms. The van der Waals surface area contributed by atoms with Crippen molar-refractivity contribution in [3.63, 3.8) is 0 Å². The molecule has 0 aromatic heterocycles. The first-order chi connectivity index (χ1) is 18.3. The number of nitrogens with zero attached hydrogens (tertiary/aromatic N) is 1. The SMILES string of the molecule is O=C1Nc2ccc(F)cc2C2(CCN(CCC(C(=O)NCc3ccccc3)c3ccc(Cl)c(Cl)c3)CC2)O1.